The number of unbranched alkanes of at least 4 members (excludes halogenated alkanes) is 33. The number of rotatable bonds is 53. The zero-order valence-corrected chi connectivity index (χ0v) is 91.8. The summed E-state index contributed by atoms with van der Waals surface area (Å²) in [7, 11) is -7.78. The van der Waals surface area contributed by atoms with Crippen molar-refractivity contribution in [2.24, 2.45) is 43.3 Å². The van der Waals surface area contributed by atoms with Crippen molar-refractivity contribution in [3.8, 4) is 0 Å². The predicted molar refractivity (Wildman–Crippen MR) is 549 cm³/mol. The van der Waals surface area contributed by atoms with Gasteiger partial charge < -0.3 is 0 Å². The van der Waals surface area contributed by atoms with Gasteiger partial charge in [-0.1, -0.05) is 404 Å². The van der Waals surface area contributed by atoms with Gasteiger partial charge >= 0.3 is 0 Å². The number of nitrogens with zero attached hydrogens (tertiary/aromatic N) is 5. The second-order valence-electron chi connectivity index (χ2n) is 51.1. The lowest BCUT2D eigenvalue weighted by Crippen LogP contribution is -2.30. The van der Waals surface area contributed by atoms with Gasteiger partial charge in [0.2, 0.25) is 0 Å². The van der Waals surface area contributed by atoms with Crippen molar-refractivity contribution in [3.05, 3.63) is 29.8 Å². The molecule has 0 aliphatic heterocycles. The number of aryl methyl sites for hydroxylation is 2. The molecule has 2 aromatic rings. The molecule has 0 radical (unpaired) electrons. The fourth-order valence-corrected chi connectivity index (χ4v) is 17.8. The lowest BCUT2D eigenvalue weighted by atomic mass is 9.88. The van der Waals surface area contributed by atoms with Crippen LogP contribution in [0.1, 0.15) is 562 Å². The van der Waals surface area contributed by atoms with Gasteiger partial charge in [0.1, 0.15) is 5.78 Å². The highest BCUT2D eigenvalue weighted by atomic mass is 32.2. The molecule has 0 aromatic carbocycles. The molecule has 0 bridgehead atoms. The Morgan fingerprint density at radius 2 is 0.574 bits per heavy atom. The molecule has 2 aromatic heterocycles. The summed E-state index contributed by atoms with van der Waals surface area (Å²) >= 11 is 0. The number of Topliss-reactive ketones (excluding diaryl/α,β-unsaturated/α-hetero) is 1. The standard InChI is InChI=1S/C21H42O3S.C19H36N2.C19H40OS.C18H38.C17H33N3.C14H30O2S/c1-20(2,3)18-19(22)16-14-12-10-8-7-9-11-13-15-17-25(23,24)21(4,5)6;1-18(2,3)13-10-8-7-9-11-15-21-17(12-14-20-21)16-19(4,5)6;1-18(2,3)16-14-12-10-8-9-11-13-15-17-21(7,20)19(4,5)6;1-17(2,3)15-13-11-9-7-8-10-12-14-16-18(4,5)6;1-16(2,3)12-10-8-7-9-11-13-20-14-15(18-19-20)17(4,5)6;1-13(2,3)11-9-7-8-10-12-17(15,16)14(4,5)6/h7-18H2,1-6H3;12,14H,7-11,13,15-16H2,1-6H3;7-17H2,1-6H3;7-16H2,1-6H3;14H,7-13H2,1-6H3;7-12H2,1-6H3. The van der Waals surface area contributed by atoms with E-state index in [-0.39, 0.29) is 15.6 Å². The summed E-state index contributed by atoms with van der Waals surface area (Å²) in [5.74, 6) is 5.81. The van der Waals surface area contributed by atoms with Crippen molar-refractivity contribution < 1.29 is 25.8 Å². The van der Waals surface area contributed by atoms with Gasteiger partial charge in [0.15, 0.2) is 19.7 Å². The first-order valence-corrected chi connectivity index (χ1v) is 55.8. The van der Waals surface area contributed by atoms with E-state index in [1.807, 2.05) is 31.6 Å². The minimum atomic E-state index is -2.95. The van der Waals surface area contributed by atoms with E-state index in [0.29, 0.717) is 61.6 Å². The summed E-state index contributed by atoms with van der Waals surface area (Å²) < 4.78 is 62.9. The van der Waals surface area contributed by atoms with E-state index in [0.717, 1.165) is 95.2 Å². The normalized spacial score (nSPS) is 13.6. The zero-order chi connectivity index (χ0) is 95.1. The molecule has 0 N–H and O–H groups in total. The molecule has 11 nitrogen and oxygen atoms in total. The number of aromatic nitrogens is 5. The highest BCUT2D eigenvalue weighted by Gasteiger charge is 2.30. The smallest absolute Gasteiger partial charge is 0.155 e. The average molecular weight is 1780 g/mol. The number of carbonyl (C=O) groups excluding carboxylic acids is 1. The van der Waals surface area contributed by atoms with Gasteiger partial charge in [-0.05, 0) is 211 Å². The van der Waals surface area contributed by atoms with Gasteiger partial charge in [-0.15, -0.1) is 5.10 Å². The predicted octanol–water partition coefficient (Wildman–Crippen LogP) is 34.2. The molecule has 0 aliphatic carbocycles. The van der Waals surface area contributed by atoms with Gasteiger partial charge in [-0.3, -0.25) is 18.4 Å². The zero-order valence-electron chi connectivity index (χ0n) is 89.3. The van der Waals surface area contributed by atoms with Crippen LogP contribution in [0.15, 0.2) is 18.5 Å². The fraction of sp³-hybridized carbons (Fsp3) is 0.935. The Balaban J connectivity index is -0.000000688. The third-order valence-corrected chi connectivity index (χ3v) is 31.4. The summed E-state index contributed by atoms with van der Waals surface area (Å²) in [6, 6.07) is 2.18. The molecule has 0 spiro atoms. The Morgan fingerprint density at radius 1 is 0.311 bits per heavy atom. The molecule has 0 fully saturated rings. The van der Waals surface area contributed by atoms with E-state index < -0.39 is 38.7 Å². The quantitative estimate of drug-likeness (QED) is 0.0466. The van der Waals surface area contributed by atoms with Crippen molar-refractivity contribution >= 4 is 40.8 Å². The van der Waals surface area contributed by atoms with Crippen LogP contribution in [0.5, 0.6) is 0 Å². The molecule has 122 heavy (non-hydrogen) atoms. The monoisotopic (exact) mass is 1780 g/mol. The van der Waals surface area contributed by atoms with Crippen molar-refractivity contribution in [1.29, 1.82) is 0 Å². The van der Waals surface area contributed by atoms with E-state index in [1.54, 1.807) is 41.5 Å². The molecule has 0 amide bonds. The molecule has 0 aliphatic rings. The Morgan fingerprint density at radius 3 is 0.828 bits per heavy atom. The maximum Gasteiger partial charge on any atom is 0.155 e. The summed E-state index contributed by atoms with van der Waals surface area (Å²) in [5, 5.41) is 13.0. The number of hydrogen-bond acceptors (Lipinski definition) is 9. The number of sulfone groups is 2. The van der Waals surface area contributed by atoms with Crippen LogP contribution in [0.3, 0.4) is 0 Å². The van der Waals surface area contributed by atoms with E-state index in [4.69, 9.17) is 0 Å². The summed E-state index contributed by atoms with van der Waals surface area (Å²) in [6.45, 7) is 80.4. The van der Waals surface area contributed by atoms with E-state index in [2.05, 4.69) is 225 Å². The Kier molecular flexibility index (Phi) is 65.3. The molecular formula is C108H219N5O6S3. The second kappa shape index (κ2) is 63.1. The maximum absolute atomic E-state index is 12.4. The first-order valence-electron chi connectivity index (χ1n) is 50.6. The number of carbonyl (C=O) groups is 1. The highest BCUT2D eigenvalue weighted by Crippen LogP contribution is 2.31. The third-order valence-electron chi connectivity index (χ3n) is 22.9. The molecule has 2 heterocycles. The maximum atomic E-state index is 12.4. The minimum Gasteiger partial charge on any atom is -0.300 e. The molecular weight excluding hydrogens is 1560 g/mol. The fourth-order valence-electron chi connectivity index (χ4n) is 14.1. The first kappa shape index (κ1) is 126. The van der Waals surface area contributed by atoms with Gasteiger partial charge in [-0.2, -0.15) is 5.10 Å². The summed E-state index contributed by atoms with van der Waals surface area (Å²) in [5.41, 5.74) is 5.98. The van der Waals surface area contributed by atoms with Gasteiger partial charge in [0.25, 0.3) is 0 Å². The Labute approximate surface area is 766 Å². The van der Waals surface area contributed by atoms with Crippen LogP contribution in [0.2, 0.25) is 0 Å². The van der Waals surface area contributed by atoms with Crippen LogP contribution < -0.4 is 0 Å². The summed E-state index contributed by atoms with van der Waals surface area (Å²) in [6.07, 6.45) is 64.0. The van der Waals surface area contributed by atoms with Crippen LogP contribution in [-0.2, 0) is 58.9 Å². The van der Waals surface area contributed by atoms with Crippen molar-refractivity contribution in [2.75, 3.05) is 17.3 Å². The SMILES string of the molecule is C=S(=O)(CCCCCCCCCCC(C)(C)C)C(C)(C)C.CC(C)(C)CC(=O)CCCCCCCCCCCS(=O)(=O)C(C)(C)C.CC(C)(C)CCCCCCCCCCC(C)(C)C.CC(C)(C)CCCCCCCn1cc(C(C)(C)C)nn1.CC(C)(C)CCCCCCCn1nccc1CC(C)(C)C.CC(C)(C)CCCCCCS(=O)(=O)C(C)(C)C. The largest absolute Gasteiger partial charge is 0.300 e. The van der Waals surface area contributed by atoms with Crippen LogP contribution in [0, 0.1) is 43.3 Å². The molecule has 2 rings (SSSR count). The Hall–Kier alpha value is -2.06. The molecule has 14 heteroatoms. The lowest BCUT2D eigenvalue weighted by molar-refractivity contribution is -0.120. The van der Waals surface area contributed by atoms with Crippen LogP contribution in [0.4, 0.5) is 0 Å². The molecule has 1 atom stereocenters. The van der Waals surface area contributed by atoms with Crippen molar-refractivity contribution in [3.63, 3.8) is 0 Å². The number of ketones is 1. The van der Waals surface area contributed by atoms with Crippen molar-refractivity contribution in [1.82, 2.24) is 24.8 Å². The molecule has 0 saturated carbocycles. The molecule has 0 saturated heterocycles. The van der Waals surface area contributed by atoms with E-state index in [9.17, 15) is 25.8 Å². The summed E-state index contributed by atoms with van der Waals surface area (Å²) in [4.78, 5) is 11.8. The number of hydrogen-bond donors (Lipinski definition) is 0. The highest BCUT2D eigenvalue weighted by molar-refractivity contribution is 8.01. The first-order chi connectivity index (χ1) is 55.3. The third kappa shape index (κ3) is 84.8. The topological polar surface area (TPSA) is 151 Å². The van der Waals surface area contributed by atoms with Crippen molar-refractivity contribution in [2.45, 2.75) is 590 Å². The lowest BCUT2D eigenvalue weighted by Gasteiger charge is -2.24. The van der Waals surface area contributed by atoms with E-state index in [1.165, 1.54) is 237 Å². The Bertz CT molecular complexity index is 3160. The van der Waals surface area contributed by atoms with Gasteiger partial charge in [0, 0.05) is 59.9 Å². The van der Waals surface area contributed by atoms with Crippen LogP contribution >= 0.6 is 0 Å². The van der Waals surface area contributed by atoms with Gasteiger partial charge in [0.05, 0.1) is 26.7 Å². The van der Waals surface area contributed by atoms with E-state index >= 15 is 0 Å². The van der Waals surface area contributed by atoms with Crippen LogP contribution in [0.25, 0.3) is 0 Å². The average Bonchev–Trinajstić information content (AvgIpc) is 1.14. The minimum absolute atomic E-state index is 0.102. The molecule has 1 unspecified atom stereocenters. The second-order valence-corrected chi connectivity index (χ2v) is 60.1. The van der Waals surface area contributed by atoms with Gasteiger partial charge in [-0.25, -0.2) is 16.8 Å². The molecule has 730 valence electrons. The van der Waals surface area contributed by atoms with Crippen LogP contribution in [-0.4, -0.2) is 89.0 Å².